The van der Waals surface area contributed by atoms with Crippen molar-refractivity contribution in [2.24, 2.45) is 5.73 Å². The van der Waals surface area contributed by atoms with Crippen molar-refractivity contribution in [1.29, 1.82) is 0 Å². The Balaban J connectivity index is 2.99. The summed E-state index contributed by atoms with van der Waals surface area (Å²) in [5.41, 5.74) is 4.50. The number of rotatable bonds is 6. The molecule has 108 valence electrons. The molecule has 0 aliphatic heterocycles. The molecule has 0 aliphatic carbocycles. The number of amides is 2. The van der Waals surface area contributed by atoms with Crippen molar-refractivity contribution in [3.8, 4) is 5.75 Å². The fourth-order valence-electron chi connectivity index (χ4n) is 1.32. The highest BCUT2D eigenvalue weighted by Crippen LogP contribution is 2.28. The summed E-state index contributed by atoms with van der Waals surface area (Å²) in [6, 6.07) is 1.90. The first-order valence-corrected chi connectivity index (χ1v) is 5.87. The Kier molecular flexibility index (Phi) is 5.45. The van der Waals surface area contributed by atoms with Crippen LogP contribution in [0.15, 0.2) is 12.1 Å². The number of benzene rings is 1. The number of carbonyl (C=O) groups excluding carboxylic acids is 3. The minimum Gasteiger partial charge on any atom is -0.482 e. The van der Waals surface area contributed by atoms with E-state index < -0.39 is 29.8 Å². The van der Waals surface area contributed by atoms with Crippen LogP contribution in [0.3, 0.4) is 0 Å². The lowest BCUT2D eigenvalue weighted by molar-refractivity contribution is -0.122. The van der Waals surface area contributed by atoms with Crippen molar-refractivity contribution in [2.45, 2.75) is 6.42 Å². The van der Waals surface area contributed by atoms with E-state index in [1.54, 1.807) is 0 Å². The molecule has 0 saturated carbocycles. The standard InChI is InChI=1S/C12H12ClFN2O4/c1-16-12(19)5-20-10-2-6(8(14)3-7(10)13)9(17)4-11(15)18/h2-3H,4-5H2,1H3,(H2,15,18)(H,16,19). The molecule has 1 rings (SSSR count). The SMILES string of the molecule is CNC(=O)COc1cc(C(=O)CC(N)=O)c(F)cc1Cl. The molecule has 0 spiro atoms. The topological polar surface area (TPSA) is 98.5 Å². The molecule has 0 heterocycles. The van der Waals surface area contributed by atoms with Crippen LogP contribution in [-0.2, 0) is 9.59 Å². The summed E-state index contributed by atoms with van der Waals surface area (Å²) >= 11 is 5.74. The third-order valence-electron chi connectivity index (χ3n) is 2.29. The Labute approximate surface area is 119 Å². The third-order valence-corrected chi connectivity index (χ3v) is 2.59. The highest BCUT2D eigenvalue weighted by Gasteiger charge is 2.18. The van der Waals surface area contributed by atoms with Crippen LogP contribution in [0.25, 0.3) is 0 Å². The molecule has 1 aromatic rings. The van der Waals surface area contributed by atoms with E-state index in [2.05, 4.69) is 5.32 Å². The molecule has 0 atom stereocenters. The summed E-state index contributed by atoms with van der Waals surface area (Å²) < 4.78 is 18.7. The smallest absolute Gasteiger partial charge is 0.257 e. The van der Waals surface area contributed by atoms with Gasteiger partial charge < -0.3 is 15.8 Å². The van der Waals surface area contributed by atoms with Gasteiger partial charge in [-0.15, -0.1) is 0 Å². The van der Waals surface area contributed by atoms with Crippen LogP contribution in [-0.4, -0.2) is 31.3 Å². The zero-order valence-corrected chi connectivity index (χ0v) is 11.3. The first-order chi connectivity index (χ1) is 9.35. The third kappa shape index (κ3) is 4.20. The number of Topliss-reactive ketones (excluding diaryl/α,β-unsaturated/α-hetero) is 1. The van der Waals surface area contributed by atoms with E-state index in [0.717, 1.165) is 12.1 Å². The maximum atomic E-state index is 13.6. The summed E-state index contributed by atoms with van der Waals surface area (Å²) in [4.78, 5) is 33.3. The number of ketones is 1. The van der Waals surface area contributed by atoms with Crippen LogP contribution in [0.1, 0.15) is 16.8 Å². The summed E-state index contributed by atoms with van der Waals surface area (Å²) in [5.74, 6) is -3.03. The molecule has 3 N–H and O–H groups in total. The van der Waals surface area contributed by atoms with Gasteiger partial charge in [-0.05, 0) is 12.1 Å². The van der Waals surface area contributed by atoms with Crippen LogP contribution in [0.4, 0.5) is 4.39 Å². The number of hydrogen-bond donors (Lipinski definition) is 2. The Hall–Kier alpha value is -2.15. The summed E-state index contributed by atoms with van der Waals surface area (Å²) in [6.07, 6.45) is -0.632. The fraction of sp³-hybridized carbons (Fsp3) is 0.250. The van der Waals surface area contributed by atoms with Crippen molar-refractivity contribution in [2.75, 3.05) is 13.7 Å². The summed E-state index contributed by atoms with van der Waals surface area (Å²) in [6.45, 7) is -0.342. The second kappa shape index (κ2) is 6.85. The molecular weight excluding hydrogens is 291 g/mol. The predicted octanol–water partition coefficient (Wildman–Crippen LogP) is 0.662. The van der Waals surface area contributed by atoms with Gasteiger partial charge in [0.25, 0.3) is 5.91 Å². The summed E-state index contributed by atoms with van der Waals surface area (Å²) in [7, 11) is 1.42. The van der Waals surface area contributed by atoms with Crippen molar-refractivity contribution >= 4 is 29.2 Å². The van der Waals surface area contributed by atoms with E-state index in [0.29, 0.717) is 0 Å². The maximum absolute atomic E-state index is 13.6. The van der Waals surface area contributed by atoms with Crippen molar-refractivity contribution in [1.82, 2.24) is 5.32 Å². The van der Waals surface area contributed by atoms with Crippen molar-refractivity contribution < 1.29 is 23.5 Å². The number of carbonyl (C=O) groups is 3. The van der Waals surface area contributed by atoms with Gasteiger partial charge in [0.05, 0.1) is 17.0 Å². The van der Waals surface area contributed by atoms with Gasteiger partial charge >= 0.3 is 0 Å². The molecule has 0 bridgehead atoms. The molecule has 0 radical (unpaired) electrons. The van der Waals surface area contributed by atoms with Gasteiger partial charge in [-0.1, -0.05) is 11.6 Å². The minimum absolute atomic E-state index is 0.0375. The van der Waals surface area contributed by atoms with Crippen LogP contribution in [0.5, 0.6) is 5.75 Å². The van der Waals surface area contributed by atoms with Gasteiger partial charge in [0, 0.05) is 7.05 Å². The number of primary amides is 1. The molecule has 0 unspecified atom stereocenters. The predicted molar refractivity (Wildman–Crippen MR) is 69.1 cm³/mol. The normalized spacial score (nSPS) is 9.95. The molecule has 2 amide bonds. The Bertz CT molecular complexity index is 563. The van der Waals surface area contributed by atoms with Gasteiger partial charge in [-0.2, -0.15) is 0 Å². The zero-order chi connectivity index (χ0) is 15.3. The Morgan fingerprint density at radius 1 is 1.40 bits per heavy atom. The number of ether oxygens (including phenoxy) is 1. The fourth-order valence-corrected chi connectivity index (χ4v) is 1.53. The largest absolute Gasteiger partial charge is 0.482 e. The van der Waals surface area contributed by atoms with E-state index in [9.17, 15) is 18.8 Å². The molecule has 1 aromatic carbocycles. The zero-order valence-electron chi connectivity index (χ0n) is 10.5. The molecule has 0 fully saturated rings. The van der Waals surface area contributed by atoms with E-state index in [-0.39, 0.29) is 22.9 Å². The van der Waals surface area contributed by atoms with Crippen LogP contribution in [0.2, 0.25) is 5.02 Å². The minimum atomic E-state index is -0.895. The van der Waals surface area contributed by atoms with Crippen molar-refractivity contribution in [3.05, 3.63) is 28.5 Å². The van der Waals surface area contributed by atoms with E-state index in [4.69, 9.17) is 22.1 Å². The molecule has 0 aromatic heterocycles. The lowest BCUT2D eigenvalue weighted by atomic mass is 10.1. The van der Waals surface area contributed by atoms with Gasteiger partial charge in [-0.3, -0.25) is 14.4 Å². The average molecular weight is 303 g/mol. The average Bonchev–Trinajstić information content (AvgIpc) is 2.36. The molecule has 0 saturated heterocycles. The second-order valence-electron chi connectivity index (χ2n) is 3.79. The van der Waals surface area contributed by atoms with Gasteiger partial charge in [0.15, 0.2) is 12.4 Å². The Morgan fingerprint density at radius 3 is 2.60 bits per heavy atom. The highest BCUT2D eigenvalue weighted by atomic mass is 35.5. The van der Waals surface area contributed by atoms with Gasteiger partial charge in [0.2, 0.25) is 5.91 Å². The maximum Gasteiger partial charge on any atom is 0.257 e. The first-order valence-electron chi connectivity index (χ1n) is 5.49. The number of nitrogens with two attached hydrogens (primary N) is 1. The van der Waals surface area contributed by atoms with Crippen LogP contribution < -0.4 is 15.8 Å². The van der Waals surface area contributed by atoms with Gasteiger partial charge in [0.1, 0.15) is 11.6 Å². The van der Waals surface area contributed by atoms with E-state index >= 15 is 0 Å². The monoisotopic (exact) mass is 302 g/mol. The Morgan fingerprint density at radius 2 is 2.05 bits per heavy atom. The van der Waals surface area contributed by atoms with Crippen LogP contribution >= 0.6 is 11.6 Å². The molecular formula is C12H12ClFN2O4. The number of halogens is 2. The molecule has 8 heteroatoms. The summed E-state index contributed by atoms with van der Waals surface area (Å²) in [5, 5.41) is 2.22. The number of nitrogens with one attached hydrogen (secondary N) is 1. The van der Waals surface area contributed by atoms with E-state index in [1.807, 2.05) is 0 Å². The molecule has 20 heavy (non-hydrogen) atoms. The molecule has 0 aliphatic rings. The second-order valence-corrected chi connectivity index (χ2v) is 4.20. The van der Waals surface area contributed by atoms with Gasteiger partial charge in [-0.25, -0.2) is 4.39 Å². The number of likely N-dealkylation sites (N-methyl/N-ethyl adjacent to an activating group) is 1. The number of hydrogen-bond acceptors (Lipinski definition) is 4. The lowest BCUT2D eigenvalue weighted by Gasteiger charge is -2.09. The van der Waals surface area contributed by atoms with Crippen LogP contribution in [0, 0.1) is 5.82 Å². The quantitative estimate of drug-likeness (QED) is 0.596. The molecule has 6 nitrogen and oxygen atoms in total. The van der Waals surface area contributed by atoms with Crippen molar-refractivity contribution in [3.63, 3.8) is 0 Å². The lowest BCUT2D eigenvalue weighted by Crippen LogP contribution is -2.25. The van der Waals surface area contributed by atoms with E-state index in [1.165, 1.54) is 7.05 Å². The highest BCUT2D eigenvalue weighted by molar-refractivity contribution is 6.32. The first kappa shape index (κ1) is 15.9.